The molecule has 1 aliphatic rings. The second-order valence-electron chi connectivity index (χ2n) is 6.77. The SMILES string of the molecule is NC(=O)c1cccc(C[C@H]2CCN(C(=O)Cc3ccc(F)c(F)c3F)C2)c1. The molecule has 0 radical (unpaired) electrons. The average Bonchev–Trinajstić information content (AvgIpc) is 3.11. The summed E-state index contributed by atoms with van der Waals surface area (Å²) in [5, 5.41) is 0. The highest BCUT2D eigenvalue weighted by molar-refractivity contribution is 5.92. The Bertz CT molecular complexity index is 886. The molecule has 0 bridgehead atoms. The van der Waals surface area contributed by atoms with Crippen LogP contribution >= 0.6 is 0 Å². The van der Waals surface area contributed by atoms with Crippen LogP contribution in [0.25, 0.3) is 0 Å². The predicted octanol–water partition coefficient (Wildman–Crippen LogP) is 2.84. The monoisotopic (exact) mass is 376 g/mol. The number of amides is 2. The van der Waals surface area contributed by atoms with Gasteiger partial charge < -0.3 is 10.6 Å². The molecule has 1 heterocycles. The first kappa shape index (κ1) is 18.9. The van der Waals surface area contributed by atoms with Crippen molar-refractivity contribution in [1.82, 2.24) is 4.90 Å². The maximum atomic E-state index is 13.8. The van der Waals surface area contributed by atoms with Crippen LogP contribution in [0, 0.1) is 23.4 Å². The number of primary amides is 1. The number of rotatable bonds is 5. The van der Waals surface area contributed by atoms with Gasteiger partial charge in [0.1, 0.15) is 0 Å². The Labute approximate surface area is 154 Å². The molecular weight excluding hydrogens is 357 g/mol. The first-order valence-corrected chi connectivity index (χ1v) is 8.64. The van der Waals surface area contributed by atoms with Crippen LogP contribution in [0.3, 0.4) is 0 Å². The summed E-state index contributed by atoms with van der Waals surface area (Å²) in [6.45, 7) is 1.01. The molecule has 27 heavy (non-hydrogen) atoms. The van der Waals surface area contributed by atoms with Crippen molar-refractivity contribution in [2.24, 2.45) is 11.7 Å². The number of hydrogen-bond donors (Lipinski definition) is 1. The minimum Gasteiger partial charge on any atom is -0.366 e. The lowest BCUT2D eigenvalue weighted by Crippen LogP contribution is -2.30. The van der Waals surface area contributed by atoms with E-state index in [0.717, 1.165) is 24.1 Å². The molecule has 0 saturated carbocycles. The van der Waals surface area contributed by atoms with Gasteiger partial charge in [-0.15, -0.1) is 0 Å². The molecule has 2 aromatic rings. The minimum absolute atomic E-state index is 0.156. The summed E-state index contributed by atoms with van der Waals surface area (Å²) >= 11 is 0. The Morgan fingerprint density at radius 3 is 2.63 bits per heavy atom. The van der Waals surface area contributed by atoms with Gasteiger partial charge >= 0.3 is 0 Å². The van der Waals surface area contributed by atoms with Gasteiger partial charge in [0, 0.05) is 24.2 Å². The first-order valence-electron chi connectivity index (χ1n) is 8.64. The van der Waals surface area contributed by atoms with E-state index < -0.39 is 23.4 Å². The molecule has 3 rings (SSSR count). The van der Waals surface area contributed by atoms with E-state index >= 15 is 0 Å². The van der Waals surface area contributed by atoms with Crippen molar-refractivity contribution in [2.45, 2.75) is 19.3 Å². The largest absolute Gasteiger partial charge is 0.366 e. The quantitative estimate of drug-likeness (QED) is 0.816. The van der Waals surface area contributed by atoms with Crippen LogP contribution in [0.1, 0.15) is 27.9 Å². The number of nitrogens with two attached hydrogens (primary N) is 1. The highest BCUT2D eigenvalue weighted by Crippen LogP contribution is 2.23. The molecule has 0 aliphatic carbocycles. The molecule has 7 heteroatoms. The zero-order valence-electron chi connectivity index (χ0n) is 14.6. The van der Waals surface area contributed by atoms with E-state index in [4.69, 9.17) is 5.73 Å². The lowest BCUT2D eigenvalue weighted by Gasteiger charge is -2.17. The topological polar surface area (TPSA) is 63.4 Å². The number of nitrogens with zero attached hydrogens (tertiary/aromatic N) is 1. The van der Waals surface area contributed by atoms with Gasteiger partial charge in [0.25, 0.3) is 0 Å². The Kier molecular flexibility index (Phi) is 5.48. The smallest absolute Gasteiger partial charge is 0.248 e. The van der Waals surface area contributed by atoms with E-state index in [1.165, 1.54) is 0 Å². The normalized spacial score (nSPS) is 16.6. The zero-order chi connectivity index (χ0) is 19.6. The number of carbonyl (C=O) groups excluding carboxylic acids is 2. The van der Waals surface area contributed by atoms with E-state index in [9.17, 15) is 22.8 Å². The van der Waals surface area contributed by atoms with Crippen LogP contribution < -0.4 is 5.73 Å². The van der Waals surface area contributed by atoms with Gasteiger partial charge in [0.15, 0.2) is 17.5 Å². The highest BCUT2D eigenvalue weighted by atomic mass is 19.2. The summed E-state index contributed by atoms with van der Waals surface area (Å²) in [6.07, 6.45) is 1.14. The van der Waals surface area contributed by atoms with E-state index in [2.05, 4.69) is 0 Å². The standard InChI is InChI=1S/C20H19F3N2O2/c21-16-5-4-14(18(22)19(16)23)10-17(26)25-7-6-13(11-25)8-12-2-1-3-15(9-12)20(24)27/h1-5,9,13H,6-8,10-11H2,(H2,24,27)/t13-/m1/s1. The summed E-state index contributed by atoms with van der Waals surface area (Å²) in [7, 11) is 0. The molecule has 1 saturated heterocycles. The van der Waals surface area contributed by atoms with Gasteiger partial charge in [-0.1, -0.05) is 18.2 Å². The van der Waals surface area contributed by atoms with Crippen LogP contribution in [0.5, 0.6) is 0 Å². The van der Waals surface area contributed by atoms with Gasteiger partial charge in [0.05, 0.1) is 6.42 Å². The lowest BCUT2D eigenvalue weighted by molar-refractivity contribution is -0.129. The third kappa shape index (κ3) is 4.30. The number of benzene rings is 2. The predicted molar refractivity (Wildman–Crippen MR) is 93.4 cm³/mol. The maximum Gasteiger partial charge on any atom is 0.248 e. The molecule has 2 aromatic carbocycles. The average molecular weight is 376 g/mol. The van der Waals surface area contributed by atoms with Gasteiger partial charge in [-0.3, -0.25) is 9.59 Å². The first-order chi connectivity index (χ1) is 12.8. The number of carbonyl (C=O) groups is 2. The van der Waals surface area contributed by atoms with E-state index in [1.54, 1.807) is 23.1 Å². The molecule has 2 amide bonds. The summed E-state index contributed by atoms with van der Waals surface area (Å²) in [5.41, 5.74) is 6.52. The fraction of sp³-hybridized carbons (Fsp3) is 0.300. The van der Waals surface area contributed by atoms with Crippen LogP contribution in [0.15, 0.2) is 36.4 Å². The summed E-state index contributed by atoms with van der Waals surface area (Å²) in [6, 6.07) is 8.96. The summed E-state index contributed by atoms with van der Waals surface area (Å²) < 4.78 is 40.1. The van der Waals surface area contributed by atoms with Crippen LogP contribution in [0.4, 0.5) is 13.2 Å². The molecular formula is C20H19F3N2O2. The van der Waals surface area contributed by atoms with E-state index in [-0.39, 0.29) is 23.8 Å². The molecule has 1 atom stereocenters. The molecule has 142 valence electrons. The van der Waals surface area contributed by atoms with Crippen molar-refractivity contribution in [3.63, 3.8) is 0 Å². The number of likely N-dealkylation sites (tertiary alicyclic amines) is 1. The molecule has 0 aromatic heterocycles. The maximum absolute atomic E-state index is 13.8. The van der Waals surface area contributed by atoms with Crippen molar-refractivity contribution >= 4 is 11.8 Å². The van der Waals surface area contributed by atoms with Gasteiger partial charge in [-0.2, -0.15) is 0 Å². The third-order valence-corrected chi connectivity index (χ3v) is 4.83. The second-order valence-corrected chi connectivity index (χ2v) is 6.77. The molecule has 1 fully saturated rings. The molecule has 0 spiro atoms. The Morgan fingerprint density at radius 1 is 1.11 bits per heavy atom. The number of halogens is 3. The Morgan fingerprint density at radius 2 is 1.89 bits per heavy atom. The van der Waals surface area contributed by atoms with Crippen molar-refractivity contribution in [2.75, 3.05) is 13.1 Å². The molecule has 0 unspecified atom stereocenters. The third-order valence-electron chi connectivity index (χ3n) is 4.83. The second kappa shape index (κ2) is 7.82. The van der Waals surface area contributed by atoms with E-state index in [1.807, 2.05) is 6.07 Å². The van der Waals surface area contributed by atoms with Crippen LogP contribution in [0.2, 0.25) is 0 Å². The summed E-state index contributed by atoms with van der Waals surface area (Å²) in [5.74, 6) is -4.77. The Hall–Kier alpha value is -2.83. The Balaban J connectivity index is 1.61. The lowest BCUT2D eigenvalue weighted by atomic mass is 9.97. The van der Waals surface area contributed by atoms with Gasteiger partial charge in [0.2, 0.25) is 11.8 Å². The molecule has 4 nitrogen and oxygen atoms in total. The van der Waals surface area contributed by atoms with Gasteiger partial charge in [-0.05, 0) is 42.5 Å². The zero-order valence-corrected chi connectivity index (χ0v) is 14.6. The van der Waals surface area contributed by atoms with Crippen molar-refractivity contribution in [3.05, 3.63) is 70.5 Å². The van der Waals surface area contributed by atoms with Crippen molar-refractivity contribution < 1.29 is 22.8 Å². The fourth-order valence-electron chi connectivity index (χ4n) is 3.39. The van der Waals surface area contributed by atoms with Crippen molar-refractivity contribution in [1.29, 1.82) is 0 Å². The fourth-order valence-corrected chi connectivity index (χ4v) is 3.39. The minimum atomic E-state index is -1.56. The van der Waals surface area contributed by atoms with Crippen LogP contribution in [-0.2, 0) is 17.6 Å². The van der Waals surface area contributed by atoms with E-state index in [0.29, 0.717) is 25.1 Å². The van der Waals surface area contributed by atoms with Crippen molar-refractivity contribution in [3.8, 4) is 0 Å². The number of hydrogen-bond acceptors (Lipinski definition) is 2. The van der Waals surface area contributed by atoms with Crippen LogP contribution in [-0.4, -0.2) is 29.8 Å². The molecule has 2 N–H and O–H groups in total. The summed E-state index contributed by atoms with van der Waals surface area (Å²) in [4.78, 5) is 25.3. The highest BCUT2D eigenvalue weighted by Gasteiger charge is 2.27. The molecule has 1 aliphatic heterocycles. The van der Waals surface area contributed by atoms with Gasteiger partial charge in [-0.25, -0.2) is 13.2 Å².